The quantitative estimate of drug-likeness (QED) is 0.202. The Bertz CT molecular complexity index is 1620. The second-order valence-corrected chi connectivity index (χ2v) is 9.68. The van der Waals surface area contributed by atoms with E-state index in [4.69, 9.17) is 10.8 Å². The van der Waals surface area contributed by atoms with Crippen molar-refractivity contribution >= 4 is 28.6 Å². The smallest absolute Gasteiger partial charge is 0.383 e. The molecule has 10 nitrogen and oxygen atoms in total. The molecule has 1 aromatic carbocycles. The van der Waals surface area contributed by atoms with Crippen LogP contribution in [0.5, 0.6) is 0 Å². The molecule has 3 aromatic heterocycles. The van der Waals surface area contributed by atoms with Gasteiger partial charge in [0.1, 0.15) is 23.7 Å². The van der Waals surface area contributed by atoms with E-state index in [1.165, 1.54) is 6.33 Å². The fourth-order valence-corrected chi connectivity index (χ4v) is 4.98. The summed E-state index contributed by atoms with van der Waals surface area (Å²) >= 11 is 0. The van der Waals surface area contributed by atoms with E-state index >= 15 is 0 Å². The molecule has 0 spiro atoms. The van der Waals surface area contributed by atoms with Gasteiger partial charge in [0, 0.05) is 23.4 Å². The van der Waals surface area contributed by atoms with Crippen LogP contribution in [0, 0.1) is 11.8 Å². The Morgan fingerprint density at radius 1 is 1.12 bits per heavy atom. The second kappa shape index (κ2) is 11.5. The van der Waals surface area contributed by atoms with Gasteiger partial charge in [0.2, 0.25) is 0 Å². The van der Waals surface area contributed by atoms with Crippen LogP contribution < -0.4 is 16.4 Å². The predicted octanol–water partition coefficient (Wildman–Crippen LogP) is 4.16. The first-order chi connectivity index (χ1) is 19.6. The number of alkyl halides is 3. The molecule has 0 radical (unpaired) electrons. The van der Waals surface area contributed by atoms with Gasteiger partial charge < -0.3 is 16.2 Å². The van der Waals surface area contributed by atoms with E-state index in [0.29, 0.717) is 22.3 Å². The zero-order chi connectivity index (χ0) is 29.1. The van der Waals surface area contributed by atoms with Gasteiger partial charge in [0.15, 0.2) is 11.9 Å². The van der Waals surface area contributed by atoms with Gasteiger partial charge in [-0.1, -0.05) is 18.1 Å². The zero-order valence-corrected chi connectivity index (χ0v) is 22.0. The van der Waals surface area contributed by atoms with Crippen molar-refractivity contribution < 1.29 is 23.1 Å². The average molecular weight is 565 g/mol. The minimum Gasteiger partial charge on any atom is -0.383 e. The molecule has 13 heteroatoms. The van der Waals surface area contributed by atoms with Gasteiger partial charge in [-0.05, 0) is 56.9 Å². The van der Waals surface area contributed by atoms with Crippen LogP contribution in [0.15, 0.2) is 48.9 Å². The summed E-state index contributed by atoms with van der Waals surface area (Å²) in [5, 5.41) is 20.9. The highest BCUT2D eigenvalue weighted by Gasteiger charge is 2.31. The number of benzene rings is 1. The third-order valence-corrected chi connectivity index (χ3v) is 6.98. The number of pyridine rings is 1. The second-order valence-electron chi connectivity index (χ2n) is 9.68. The molecular formula is C28H27F3N8O2. The Balaban J connectivity index is 1.36. The topological polar surface area (TPSA) is 144 Å². The molecule has 4 aromatic rings. The van der Waals surface area contributed by atoms with Crippen molar-refractivity contribution in [2.75, 3.05) is 11.1 Å². The number of hydrogen-bond donors (Lipinski definition) is 4. The number of nitrogen functional groups attached to an aromatic ring is 1. The largest absolute Gasteiger partial charge is 0.416 e. The fraction of sp³-hybridized carbons (Fsp3) is 0.321. The molecule has 1 aliphatic rings. The molecule has 3 heterocycles. The molecule has 0 saturated heterocycles. The Morgan fingerprint density at radius 3 is 2.54 bits per heavy atom. The van der Waals surface area contributed by atoms with Gasteiger partial charge in [-0.25, -0.2) is 19.6 Å². The first-order valence-corrected chi connectivity index (χ1v) is 12.9. The van der Waals surface area contributed by atoms with Crippen molar-refractivity contribution in [3.05, 3.63) is 60.0 Å². The Labute approximate surface area is 233 Å². The number of carbonyl (C=O) groups is 1. The van der Waals surface area contributed by atoms with Gasteiger partial charge in [0.05, 0.1) is 17.0 Å². The van der Waals surface area contributed by atoms with Crippen LogP contribution in [0.25, 0.3) is 22.3 Å². The first kappa shape index (κ1) is 28.0. The Kier molecular flexibility index (Phi) is 7.87. The number of amides is 1. The maximum Gasteiger partial charge on any atom is 0.416 e. The third kappa shape index (κ3) is 6.13. The molecule has 0 bridgehead atoms. The lowest BCUT2D eigenvalue weighted by Crippen LogP contribution is -2.40. The molecule has 1 fully saturated rings. The number of aromatic nitrogens is 5. The standard InChI is InChI=1S/C28H27F3N8O2/c1-2-3-22(40)36-19-8-10-20(11-9-19)39-26-23(25(32)34-15-35-26)24(38-39)16-4-6-17(7-5-16)27(41)37-21-14-18(12-13-33-21)28(29,30)31/h4-7,12-15,19-20,22,36,40H,8-11H2,1H3,(H2,32,34,35)(H,33,37,41)/t19-,20-,22?. The van der Waals surface area contributed by atoms with Crippen molar-refractivity contribution in [3.8, 4) is 23.1 Å². The molecule has 0 aliphatic heterocycles. The fourth-order valence-electron chi connectivity index (χ4n) is 4.98. The van der Waals surface area contributed by atoms with Crippen molar-refractivity contribution in [1.82, 2.24) is 30.0 Å². The first-order valence-electron chi connectivity index (χ1n) is 12.9. The van der Waals surface area contributed by atoms with Crippen molar-refractivity contribution in [2.24, 2.45) is 0 Å². The number of anilines is 2. The lowest BCUT2D eigenvalue weighted by Gasteiger charge is -2.30. The number of aliphatic hydroxyl groups excluding tert-OH is 1. The number of hydrogen-bond acceptors (Lipinski definition) is 8. The molecule has 1 unspecified atom stereocenters. The summed E-state index contributed by atoms with van der Waals surface area (Å²) in [5.41, 5.74) is 7.38. The highest BCUT2D eigenvalue weighted by Crippen LogP contribution is 2.36. The van der Waals surface area contributed by atoms with E-state index < -0.39 is 23.9 Å². The summed E-state index contributed by atoms with van der Waals surface area (Å²) in [7, 11) is 0. The molecular weight excluding hydrogens is 537 g/mol. The number of nitrogens with zero attached hydrogens (tertiary/aromatic N) is 5. The van der Waals surface area contributed by atoms with Crippen LogP contribution in [-0.2, 0) is 6.18 Å². The monoisotopic (exact) mass is 564 g/mol. The minimum atomic E-state index is -4.55. The number of halogens is 3. The molecule has 41 heavy (non-hydrogen) atoms. The van der Waals surface area contributed by atoms with Gasteiger partial charge in [-0.15, -0.1) is 5.92 Å². The zero-order valence-electron chi connectivity index (χ0n) is 22.0. The lowest BCUT2D eigenvalue weighted by molar-refractivity contribution is -0.137. The summed E-state index contributed by atoms with van der Waals surface area (Å²) < 4.78 is 40.9. The number of aliphatic hydroxyl groups is 1. The van der Waals surface area contributed by atoms with Crippen LogP contribution in [0.3, 0.4) is 0 Å². The van der Waals surface area contributed by atoms with Crippen LogP contribution in [0.2, 0.25) is 0 Å². The highest BCUT2D eigenvalue weighted by atomic mass is 19.4. The van der Waals surface area contributed by atoms with Crippen LogP contribution >= 0.6 is 0 Å². The van der Waals surface area contributed by atoms with Crippen molar-refractivity contribution in [3.63, 3.8) is 0 Å². The normalized spacial score (nSPS) is 18.0. The van der Waals surface area contributed by atoms with E-state index in [-0.39, 0.29) is 29.3 Å². The minimum absolute atomic E-state index is 0.0537. The predicted molar refractivity (Wildman–Crippen MR) is 146 cm³/mol. The molecule has 1 atom stereocenters. The number of nitrogens with two attached hydrogens (primary N) is 1. The number of rotatable bonds is 6. The van der Waals surface area contributed by atoms with E-state index in [2.05, 4.69) is 37.4 Å². The summed E-state index contributed by atoms with van der Waals surface area (Å²) in [6.45, 7) is 1.68. The summed E-state index contributed by atoms with van der Waals surface area (Å²) in [6.07, 6.45) is 0.191. The SMILES string of the molecule is CC#CC(O)N[C@H]1CC[C@H](n2nc(-c3ccc(C(=O)Nc4cc(C(F)(F)F)ccn4)cc3)c3c(N)ncnc32)CC1. The van der Waals surface area contributed by atoms with Gasteiger partial charge >= 0.3 is 6.18 Å². The molecule has 1 amide bonds. The Hall–Kier alpha value is -4.54. The maximum atomic E-state index is 13.0. The van der Waals surface area contributed by atoms with Crippen molar-refractivity contribution in [1.29, 1.82) is 0 Å². The average Bonchev–Trinajstić information content (AvgIpc) is 3.34. The summed E-state index contributed by atoms with van der Waals surface area (Å²) in [6, 6.07) is 8.26. The molecule has 1 saturated carbocycles. The number of carbonyl (C=O) groups excluding carboxylic acids is 1. The van der Waals surface area contributed by atoms with E-state index in [9.17, 15) is 23.1 Å². The van der Waals surface area contributed by atoms with E-state index in [1.807, 2.05) is 4.68 Å². The Morgan fingerprint density at radius 2 is 1.85 bits per heavy atom. The highest BCUT2D eigenvalue weighted by molar-refractivity contribution is 6.04. The maximum absolute atomic E-state index is 13.0. The third-order valence-electron chi connectivity index (χ3n) is 6.98. The summed E-state index contributed by atoms with van der Waals surface area (Å²) in [4.78, 5) is 25.1. The van der Waals surface area contributed by atoms with Gasteiger partial charge in [0.25, 0.3) is 5.91 Å². The molecule has 212 valence electrons. The number of fused-ring (bicyclic) bond motifs is 1. The van der Waals surface area contributed by atoms with Crippen LogP contribution in [0.1, 0.15) is 54.6 Å². The van der Waals surface area contributed by atoms with Gasteiger partial charge in [-0.3, -0.25) is 10.1 Å². The van der Waals surface area contributed by atoms with Gasteiger partial charge in [-0.2, -0.15) is 18.3 Å². The number of nitrogens with one attached hydrogen (secondary N) is 2. The van der Waals surface area contributed by atoms with E-state index in [0.717, 1.165) is 44.0 Å². The molecule has 1 aliphatic carbocycles. The summed E-state index contributed by atoms with van der Waals surface area (Å²) in [5.74, 6) is 4.85. The lowest BCUT2D eigenvalue weighted by atomic mass is 9.91. The van der Waals surface area contributed by atoms with Crippen LogP contribution in [-0.4, -0.2) is 48.0 Å². The molecule has 5 N–H and O–H groups in total. The van der Waals surface area contributed by atoms with E-state index in [1.54, 1.807) is 31.2 Å². The van der Waals surface area contributed by atoms with Crippen LogP contribution in [0.4, 0.5) is 24.8 Å². The van der Waals surface area contributed by atoms with Crippen molar-refractivity contribution in [2.45, 2.75) is 57.1 Å². The molecule has 5 rings (SSSR count).